The van der Waals surface area contributed by atoms with Crippen molar-refractivity contribution >= 4 is 6.21 Å². The first-order chi connectivity index (χ1) is 4.97. The van der Waals surface area contributed by atoms with E-state index in [0.29, 0.717) is 0 Å². The van der Waals surface area contributed by atoms with Gasteiger partial charge in [-0.05, 0) is 12.0 Å². The van der Waals surface area contributed by atoms with E-state index in [9.17, 15) is 0 Å². The second kappa shape index (κ2) is 2.29. The van der Waals surface area contributed by atoms with E-state index in [1.54, 1.807) is 0 Å². The molecule has 1 N–H and O–H groups in total. The SMILES string of the molecule is C1=NCC=C2CCNC=C12. The van der Waals surface area contributed by atoms with Crippen molar-refractivity contribution in [3.8, 4) is 0 Å². The summed E-state index contributed by atoms with van der Waals surface area (Å²) < 4.78 is 0. The molecule has 0 atom stereocenters. The topological polar surface area (TPSA) is 24.4 Å². The van der Waals surface area contributed by atoms with Crippen LogP contribution in [0.4, 0.5) is 0 Å². The predicted molar refractivity (Wildman–Crippen MR) is 42.1 cm³/mol. The molecule has 0 spiro atoms. The van der Waals surface area contributed by atoms with Crippen molar-refractivity contribution in [2.75, 3.05) is 13.1 Å². The Labute approximate surface area is 60.3 Å². The van der Waals surface area contributed by atoms with Gasteiger partial charge in [-0.25, -0.2) is 0 Å². The second-order valence-corrected chi connectivity index (χ2v) is 2.53. The van der Waals surface area contributed by atoms with Crippen LogP contribution in [0, 0.1) is 0 Å². The van der Waals surface area contributed by atoms with Gasteiger partial charge in [-0.3, -0.25) is 4.99 Å². The maximum Gasteiger partial charge on any atom is 0.0576 e. The van der Waals surface area contributed by atoms with Gasteiger partial charge in [0.15, 0.2) is 0 Å². The summed E-state index contributed by atoms with van der Waals surface area (Å²) in [6, 6.07) is 0. The summed E-state index contributed by atoms with van der Waals surface area (Å²) in [4.78, 5) is 4.15. The molecule has 0 aromatic carbocycles. The highest BCUT2D eigenvalue weighted by Crippen LogP contribution is 2.17. The standard InChI is InChI=1S/C8H10N2/c1-3-9-5-8-6-10-4-2-7(1)8/h1,5-6,10H,2-4H2. The summed E-state index contributed by atoms with van der Waals surface area (Å²) >= 11 is 0. The number of nitrogens with zero attached hydrogens (tertiary/aromatic N) is 1. The normalized spacial score (nSPS) is 22.4. The number of allylic oxidation sites excluding steroid dienone is 1. The summed E-state index contributed by atoms with van der Waals surface area (Å²) in [5.74, 6) is 0. The fourth-order valence-electron chi connectivity index (χ4n) is 1.28. The molecule has 0 fully saturated rings. The van der Waals surface area contributed by atoms with Gasteiger partial charge in [0.1, 0.15) is 0 Å². The van der Waals surface area contributed by atoms with E-state index in [0.717, 1.165) is 19.5 Å². The Balaban J connectivity index is 2.32. The van der Waals surface area contributed by atoms with Crippen molar-refractivity contribution in [2.45, 2.75) is 6.42 Å². The smallest absolute Gasteiger partial charge is 0.0576 e. The van der Waals surface area contributed by atoms with Crippen LogP contribution in [0.15, 0.2) is 28.4 Å². The van der Waals surface area contributed by atoms with Gasteiger partial charge in [0.2, 0.25) is 0 Å². The van der Waals surface area contributed by atoms with E-state index < -0.39 is 0 Å². The zero-order valence-electron chi connectivity index (χ0n) is 5.80. The zero-order chi connectivity index (χ0) is 6.81. The fourth-order valence-corrected chi connectivity index (χ4v) is 1.28. The summed E-state index contributed by atoms with van der Waals surface area (Å²) in [5.41, 5.74) is 2.71. The van der Waals surface area contributed by atoms with E-state index in [-0.39, 0.29) is 0 Å². The Morgan fingerprint density at radius 1 is 1.50 bits per heavy atom. The van der Waals surface area contributed by atoms with Crippen molar-refractivity contribution in [1.82, 2.24) is 5.32 Å². The summed E-state index contributed by atoms with van der Waals surface area (Å²) in [6.07, 6.45) is 7.34. The number of hydrogen-bond acceptors (Lipinski definition) is 2. The lowest BCUT2D eigenvalue weighted by molar-refractivity contribution is 0.794. The van der Waals surface area contributed by atoms with Crippen LogP contribution in [0.3, 0.4) is 0 Å². The number of rotatable bonds is 0. The summed E-state index contributed by atoms with van der Waals surface area (Å²) in [5, 5.41) is 3.19. The first-order valence-electron chi connectivity index (χ1n) is 3.59. The van der Waals surface area contributed by atoms with E-state index >= 15 is 0 Å². The molecule has 0 bridgehead atoms. The number of nitrogens with one attached hydrogen (secondary N) is 1. The van der Waals surface area contributed by atoms with Crippen LogP contribution < -0.4 is 5.32 Å². The van der Waals surface area contributed by atoms with Gasteiger partial charge in [0, 0.05) is 24.5 Å². The number of hydrogen-bond donors (Lipinski definition) is 1. The first-order valence-corrected chi connectivity index (χ1v) is 3.59. The van der Waals surface area contributed by atoms with Crippen molar-refractivity contribution < 1.29 is 0 Å². The minimum atomic E-state index is 0.868. The van der Waals surface area contributed by atoms with Gasteiger partial charge in [-0.2, -0.15) is 0 Å². The molecular formula is C8H10N2. The monoisotopic (exact) mass is 134 g/mol. The molecule has 0 saturated heterocycles. The Morgan fingerprint density at radius 3 is 3.40 bits per heavy atom. The van der Waals surface area contributed by atoms with Gasteiger partial charge >= 0.3 is 0 Å². The molecule has 2 aliphatic rings. The average molecular weight is 134 g/mol. The lowest BCUT2D eigenvalue weighted by atomic mass is 10.0. The molecule has 0 aromatic rings. The maximum atomic E-state index is 4.15. The third-order valence-electron chi connectivity index (χ3n) is 1.84. The molecule has 2 nitrogen and oxygen atoms in total. The van der Waals surface area contributed by atoms with Gasteiger partial charge < -0.3 is 5.32 Å². The molecule has 2 heterocycles. The van der Waals surface area contributed by atoms with E-state index in [1.165, 1.54) is 11.1 Å². The Morgan fingerprint density at radius 2 is 2.50 bits per heavy atom. The van der Waals surface area contributed by atoms with Crippen LogP contribution in [0.5, 0.6) is 0 Å². The molecule has 0 unspecified atom stereocenters. The van der Waals surface area contributed by atoms with Crippen molar-refractivity contribution in [3.63, 3.8) is 0 Å². The van der Waals surface area contributed by atoms with Crippen molar-refractivity contribution in [1.29, 1.82) is 0 Å². The van der Waals surface area contributed by atoms with Gasteiger partial charge in [0.05, 0.1) is 6.54 Å². The maximum absolute atomic E-state index is 4.15. The third-order valence-corrected chi connectivity index (χ3v) is 1.84. The first kappa shape index (κ1) is 5.71. The molecule has 52 valence electrons. The summed E-state index contributed by atoms with van der Waals surface area (Å²) in [7, 11) is 0. The Bertz CT molecular complexity index is 223. The molecule has 0 radical (unpaired) electrons. The highest BCUT2D eigenvalue weighted by Gasteiger charge is 2.08. The predicted octanol–water partition coefficient (Wildman–Crippen LogP) is 0.874. The van der Waals surface area contributed by atoms with Crippen molar-refractivity contribution in [3.05, 3.63) is 23.4 Å². The largest absolute Gasteiger partial charge is 0.390 e. The number of fused-ring (bicyclic) bond motifs is 1. The highest BCUT2D eigenvalue weighted by molar-refractivity contribution is 5.86. The van der Waals surface area contributed by atoms with Gasteiger partial charge in [0.25, 0.3) is 0 Å². The van der Waals surface area contributed by atoms with E-state index in [4.69, 9.17) is 0 Å². The molecule has 2 heteroatoms. The quantitative estimate of drug-likeness (QED) is 0.522. The second-order valence-electron chi connectivity index (χ2n) is 2.53. The van der Waals surface area contributed by atoms with Crippen LogP contribution in [0.2, 0.25) is 0 Å². The molecule has 10 heavy (non-hydrogen) atoms. The third kappa shape index (κ3) is 0.856. The molecule has 0 amide bonds. The van der Waals surface area contributed by atoms with Crippen LogP contribution >= 0.6 is 0 Å². The minimum Gasteiger partial charge on any atom is -0.390 e. The van der Waals surface area contributed by atoms with Crippen LogP contribution in [0.1, 0.15) is 6.42 Å². The Hall–Kier alpha value is -1.05. The van der Waals surface area contributed by atoms with Crippen LogP contribution in [-0.2, 0) is 0 Å². The lowest BCUT2D eigenvalue weighted by Gasteiger charge is -2.17. The minimum absolute atomic E-state index is 0.868. The van der Waals surface area contributed by atoms with E-state index in [1.807, 2.05) is 12.4 Å². The summed E-state index contributed by atoms with van der Waals surface area (Å²) in [6.45, 7) is 1.94. The van der Waals surface area contributed by atoms with Crippen LogP contribution in [-0.4, -0.2) is 19.3 Å². The fraction of sp³-hybridized carbons (Fsp3) is 0.375. The molecule has 2 rings (SSSR count). The molecule has 0 aliphatic carbocycles. The molecule has 0 saturated carbocycles. The van der Waals surface area contributed by atoms with E-state index in [2.05, 4.69) is 16.4 Å². The Kier molecular flexibility index (Phi) is 1.31. The lowest BCUT2D eigenvalue weighted by Crippen LogP contribution is -2.18. The zero-order valence-corrected chi connectivity index (χ0v) is 5.80. The highest BCUT2D eigenvalue weighted by atomic mass is 14.8. The number of aliphatic imine (C=N–C) groups is 1. The molecule has 0 aromatic heterocycles. The number of dihydropyridines is 1. The molecular weight excluding hydrogens is 124 g/mol. The van der Waals surface area contributed by atoms with Crippen LogP contribution in [0.25, 0.3) is 0 Å². The van der Waals surface area contributed by atoms with Gasteiger partial charge in [-0.1, -0.05) is 6.08 Å². The van der Waals surface area contributed by atoms with Crippen molar-refractivity contribution in [2.24, 2.45) is 4.99 Å². The molecule has 2 aliphatic heterocycles. The van der Waals surface area contributed by atoms with Gasteiger partial charge in [-0.15, -0.1) is 0 Å². The average Bonchev–Trinajstić information content (AvgIpc) is 2.05.